The van der Waals surface area contributed by atoms with Crippen molar-refractivity contribution < 1.29 is 14.4 Å². The Kier molecular flexibility index (Phi) is 7.13. The monoisotopic (exact) mass is 399 g/mol. The molecule has 156 valence electrons. The number of hydrogen-bond donors (Lipinski definition) is 4. The van der Waals surface area contributed by atoms with E-state index in [1.807, 2.05) is 38.1 Å². The van der Waals surface area contributed by atoms with Gasteiger partial charge in [-0.15, -0.1) is 0 Å². The van der Waals surface area contributed by atoms with Crippen LogP contribution in [0, 0.1) is 11.8 Å². The average molecular weight is 399 g/mol. The topological polar surface area (TPSA) is 118 Å². The van der Waals surface area contributed by atoms with E-state index in [9.17, 15) is 9.59 Å². The number of para-hydroxylation sites is 1. The fraction of sp³-hybridized carbons (Fsp3) is 0.476. The minimum Gasteiger partial charge on any atom is -0.330 e. The molecule has 8 heteroatoms. The Balaban J connectivity index is 1.59. The highest BCUT2D eigenvalue weighted by molar-refractivity contribution is 5.96. The Hall–Kier alpha value is -2.55. The minimum absolute atomic E-state index is 0.145. The van der Waals surface area contributed by atoms with E-state index in [2.05, 4.69) is 21.1 Å². The maximum atomic E-state index is 12.5. The molecule has 2 heterocycles. The van der Waals surface area contributed by atoms with Crippen LogP contribution in [0.1, 0.15) is 37.0 Å². The predicted molar refractivity (Wildman–Crippen MR) is 111 cm³/mol. The first kappa shape index (κ1) is 21.2. The number of amides is 2. The lowest BCUT2D eigenvalue weighted by atomic mass is 10.1. The van der Waals surface area contributed by atoms with Gasteiger partial charge in [0.15, 0.2) is 6.23 Å². The molecule has 3 rings (SSSR count). The smallest absolute Gasteiger partial charge is 0.276 e. The molecule has 0 spiro atoms. The standard InChI is InChI=1S/C21H29N5O3/c1-13(2)7-19(25-21(28)18-8-14(10-22)11-23-18)29-26-20(27)16-9-15-5-3-4-6-17(15)24-12-16/h3-6,9,12-14,18-19,23H,7-8,10-11,22H2,1-2H3,(H,25,28)(H,26,27)/t14-,18-,19-/m1/s1. The van der Waals surface area contributed by atoms with Crippen molar-refractivity contribution in [2.45, 2.75) is 39.0 Å². The lowest BCUT2D eigenvalue weighted by Crippen LogP contribution is -2.48. The highest BCUT2D eigenvalue weighted by Gasteiger charge is 2.30. The van der Waals surface area contributed by atoms with Crippen LogP contribution >= 0.6 is 0 Å². The van der Waals surface area contributed by atoms with E-state index in [-0.39, 0.29) is 17.9 Å². The van der Waals surface area contributed by atoms with Gasteiger partial charge in [-0.1, -0.05) is 32.0 Å². The highest BCUT2D eigenvalue weighted by Crippen LogP contribution is 2.15. The zero-order chi connectivity index (χ0) is 20.8. The molecule has 0 aliphatic carbocycles. The van der Waals surface area contributed by atoms with E-state index in [4.69, 9.17) is 10.6 Å². The van der Waals surface area contributed by atoms with Crippen molar-refractivity contribution in [2.24, 2.45) is 17.6 Å². The van der Waals surface area contributed by atoms with Crippen LogP contribution < -0.4 is 21.8 Å². The van der Waals surface area contributed by atoms with Gasteiger partial charge in [0.2, 0.25) is 5.91 Å². The second-order valence-electron chi connectivity index (χ2n) is 7.89. The van der Waals surface area contributed by atoms with Gasteiger partial charge >= 0.3 is 0 Å². The summed E-state index contributed by atoms with van der Waals surface area (Å²) in [6.45, 7) is 5.33. The summed E-state index contributed by atoms with van der Waals surface area (Å²) in [5.41, 5.74) is 9.34. The molecule has 3 atom stereocenters. The number of nitrogens with one attached hydrogen (secondary N) is 3. The van der Waals surface area contributed by atoms with E-state index < -0.39 is 12.1 Å². The maximum absolute atomic E-state index is 12.5. The Morgan fingerprint density at radius 3 is 2.86 bits per heavy atom. The lowest BCUT2D eigenvalue weighted by molar-refractivity contribution is -0.130. The molecule has 1 fully saturated rings. The van der Waals surface area contributed by atoms with Crippen molar-refractivity contribution in [1.29, 1.82) is 0 Å². The Morgan fingerprint density at radius 2 is 2.14 bits per heavy atom. The molecule has 0 saturated carbocycles. The molecule has 0 bridgehead atoms. The van der Waals surface area contributed by atoms with E-state index in [1.165, 1.54) is 6.20 Å². The van der Waals surface area contributed by atoms with E-state index in [0.717, 1.165) is 17.4 Å². The second kappa shape index (κ2) is 9.78. The van der Waals surface area contributed by atoms with Crippen LogP contribution in [0.5, 0.6) is 0 Å². The number of rotatable bonds is 8. The van der Waals surface area contributed by atoms with Gasteiger partial charge in [0.25, 0.3) is 5.91 Å². The van der Waals surface area contributed by atoms with Crippen molar-refractivity contribution in [1.82, 2.24) is 21.1 Å². The van der Waals surface area contributed by atoms with Gasteiger partial charge in [0.05, 0.1) is 17.1 Å². The average Bonchev–Trinajstić information content (AvgIpc) is 3.20. The van der Waals surface area contributed by atoms with Gasteiger partial charge in [-0.3, -0.25) is 14.6 Å². The number of carbonyl (C=O) groups is 2. The van der Waals surface area contributed by atoms with E-state index >= 15 is 0 Å². The normalized spacial score (nSPS) is 20.0. The number of pyridine rings is 1. The molecule has 1 aliphatic rings. The molecule has 0 radical (unpaired) electrons. The molecule has 8 nitrogen and oxygen atoms in total. The third kappa shape index (κ3) is 5.72. The molecular formula is C21H29N5O3. The molecule has 1 saturated heterocycles. The van der Waals surface area contributed by atoms with Crippen molar-refractivity contribution in [2.75, 3.05) is 13.1 Å². The largest absolute Gasteiger partial charge is 0.330 e. The van der Waals surface area contributed by atoms with E-state index in [1.54, 1.807) is 6.07 Å². The maximum Gasteiger partial charge on any atom is 0.276 e. The van der Waals surface area contributed by atoms with Crippen molar-refractivity contribution >= 4 is 22.7 Å². The Morgan fingerprint density at radius 1 is 1.34 bits per heavy atom. The fourth-order valence-electron chi connectivity index (χ4n) is 3.39. The number of fused-ring (bicyclic) bond motifs is 1. The number of aromatic nitrogens is 1. The summed E-state index contributed by atoms with van der Waals surface area (Å²) >= 11 is 0. The van der Waals surface area contributed by atoms with Crippen LogP contribution in [0.2, 0.25) is 0 Å². The molecule has 5 N–H and O–H groups in total. The van der Waals surface area contributed by atoms with Crippen LogP contribution in [-0.2, 0) is 9.63 Å². The number of nitrogens with zero attached hydrogens (tertiary/aromatic N) is 1. The van der Waals surface area contributed by atoms with Gasteiger partial charge in [0.1, 0.15) is 0 Å². The van der Waals surface area contributed by atoms with Crippen molar-refractivity contribution in [3.63, 3.8) is 0 Å². The number of benzene rings is 1. The summed E-state index contributed by atoms with van der Waals surface area (Å²) in [5, 5.41) is 6.93. The molecule has 1 aliphatic heterocycles. The van der Waals surface area contributed by atoms with E-state index in [0.29, 0.717) is 30.9 Å². The van der Waals surface area contributed by atoms with Gasteiger partial charge in [-0.2, -0.15) is 0 Å². The molecule has 2 aromatic rings. The van der Waals surface area contributed by atoms with Crippen LogP contribution in [-0.4, -0.2) is 42.2 Å². The molecule has 2 amide bonds. The Labute approximate surface area is 170 Å². The summed E-state index contributed by atoms with van der Waals surface area (Å²) in [5.74, 6) is 0.0184. The molecule has 0 unspecified atom stereocenters. The molecule has 1 aromatic heterocycles. The van der Waals surface area contributed by atoms with Crippen molar-refractivity contribution in [3.05, 3.63) is 42.1 Å². The first-order valence-electron chi connectivity index (χ1n) is 10.0. The summed E-state index contributed by atoms with van der Waals surface area (Å²) in [6.07, 6.45) is 2.14. The number of carbonyl (C=O) groups excluding carboxylic acids is 2. The summed E-state index contributed by atoms with van der Waals surface area (Å²) < 4.78 is 0. The summed E-state index contributed by atoms with van der Waals surface area (Å²) in [6, 6.07) is 9.03. The first-order chi connectivity index (χ1) is 14.0. The number of hydroxylamine groups is 1. The van der Waals surface area contributed by atoms with Crippen LogP contribution in [0.25, 0.3) is 10.9 Å². The zero-order valence-corrected chi connectivity index (χ0v) is 16.9. The number of nitrogens with two attached hydrogens (primary N) is 1. The quantitative estimate of drug-likeness (QED) is 0.393. The molecule has 29 heavy (non-hydrogen) atoms. The second-order valence-corrected chi connectivity index (χ2v) is 7.89. The lowest BCUT2D eigenvalue weighted by Gasteiger charge is -2.22. The molecule has 1 aromatic carbocycles. The predicted octanol–water partition coefficient (Wildman–Crippen LogP) is 1.32. The SMILES string of the molecule is CC(C)C[C@H](NC(=O)[C@H]1C[C@H](CN)CN1)ONC(=O)c1cnc2ccccc2c1. The highest BCUT2D eigenvalue weighted by atomic mass is 16.7. The van der Waals surface area contributed by atoms with Gasteiger partial charge in [-0.25, -0.2) is 10.3 Å². The van der Waals surface area contributed by atoms with Gasteiger partial charge in [0, 0.05) is 11.6 Å². The van der Waals surface area contributed by atoms with Gasteiger partial charge < -0.3 is 16.4 Å². The Bertz CT molecular complexity index is 857. The van der Waals surface area contributed by atoms with Crippen LogP contribution in [0.4, 0.5) is 0 Å². The minimum atomic E-state index is -0.626. The summed E-state index contributed by atoms with van der Waals surface area (Å²) in [4.78, 5) is 34.9. The van der Waals surface area contributed by atoms with Crippen LogP contribution in [0.3, 0.4) is 0 Å². The summed E-state index contributed by atoms with van der Waals surface area (Å²) in [7, 11) is 0. The third-order valence-electron chi connectivity index (χ3n) is 5.01. The molecular weight excluding hydrogens is 370 g/mol. The number of hydrogen-bond acceptors (Lipinski definition) is 6. The van der Waals surface area contributed by atoms with Gasteiger partial charge in [-0.05, 0) is 49.9 Å². The zero-order valence-electron chi connectivity index (χ0n) is 16.9. The fourth-order valence-corrected chi connectivity index (χ4v) is 3.39. The van der Waals surface area contributed by atoms with Crippen molar-refractivity contribution in [3.8, 4) is 0 Å². The third-order valence-corrected chi connectivity index (χ3v) is 5.01. The first-order valence-corrected chi connectivity index (χ1v) is 10.0. The van der Waals surface area contributed by atoms with Crippen LogP contribution in [0.15, 0.2) is 36.5 Å².